The summed E-state index contributed by atoms with van der Waals surface area (Å²) in [4.78, 5) is 25.0. The van der Waals surface area contributed by atoms with Gasteiger partial charge in [0, 0.05) is 12.6 Å². The number of nitrogens with one attached hydrogen (secondary N) is 1. The van der Waals surface area contributed by atoms with E-state index in [9.17, 15) is 14.7 Å². The SMILES string of the molecule is CC(C)CN(C(=O)Nc1cccc(C(=O)O)c1O)C1CC1. The summed E-state index contributed by atoms with van der Waals surface area (Å²) < 4.78 is 0. The van der Waals surface area contributed by atoms with Crippen LogP contribution in [-0.4, -0.2) is 39.7 Å². The molecule has 0 spiro atoms. The average molecular weight is 292 g/mol. The molecule has 0 atom stereocenters. The number of benzene rings is 1. The molecule has 0 aromatic heterocycles. The fraction of sp³-hybridized carbons (Fsp3) is 0.467. The molecular weight excluding hydrogens is 272 g/mol. The van der Waals surface area contributed by atoms with Crippen molar-refractivity contribution < 1.29 is 19.8 Å². The summed E-state index contributed by atoms with van der Waals surface area (Å²) in [6.07, 6.45) is 1.97. The predicted molar refractivity (Wildman–Crippen MR) is 78.7 cm³/mol. The van der Waals surface area contributed by atoms with E-state index in [-0.39, 0.29) is 23.3 Å². The van der Waals surface area contributed by atoms with Crippen LogP contribution in [0, 0.1) is 5.92 Å². The lowest BCUT2D eigenvalue weighted by molar-refractivity contribution is 0.0693. The Hall–Kier alpha value is -2.24. The first kappa shape index (κ1) is 15.2. The van der Waals surface area contributed by atoms with Gasteiger partial charge in [0.05, 0.1) is 5.69 Å². The van der Waals surface area contributed by atoms with Gasteiger partial charge in [-0.2, -0.15) is 0 Å². The van der Waals surface area contributed by atoms with Crippen LogP contribution in [0.25, 0.3) is 0 Å². The van der Waals surface area contributed by atoms with Crippen LogP contribution in [0.2, 0.25) is 0 Å². The van der Waals surface area contributed by atoms with Crippen LogP contribution in [0.4, 0.5) is 10.5 Å². The van der Waals surface area contributed by atoms with Gasteiger partial charge in [0.1, 0.15) is 5.56 Å². The molecule has 1 fully saturated rings. The van der Waals surface area contributed by atoms with Crippen molar-refractivity contribution in [2.24, 2.45) is 5.92 Å². The minimum absolute atomic E-state index is 0.120. The molecule has 1 aromatic carbocycles. The van der Waals surface area contributed by atoms with Crippen LogP contribution in [-0.2, 0) is 0 Å². The van der Waals surface area contributed by atoms with E-state index in [0.29, 0.717) is 12.5 Å². The molecule has 2 rings (SSSR count). The van der Waals surface area contributed by atoms with Gasteiger partial charge in [-0.15, -0.1) is 0 Å². The highest BCUT2D eigenvalue weighted by Gasteiger charge is 2.33. The Morgan fingerprint density at radius 3 is 2.57 bits per heavy atom. The first-order chi connectivity index (χ1) is 9.90. The summed E-state index contributed by atoms with van der Waals surface area (Å²) in [7, 11) is 0. The number of hydrogen-bond acceptors (Lipinski definition) is 3. The largest absolute Gasteiger partial charge is 0.505 e. The molecule has 1 aliphatic rings. The van der Waals surface area contributed by atoms with Crippen LogP contribution < -0.4 is 5.32 Å². The first-order valence-electron chi connectivity index (χ1n) is 7.03. The molecule has 0 heterocycles. The van der Waals surface area contributed by atoms with E-state index in [4.69, 9.17) is 5.11 Å². The number of carboxylic acids is 1. The Morgan fingerprint density at radius 2 is 2.05 bits per heavy atom. The van der Waals surface area contributed by atoms with Crippen LogP contribution in [0.3, 0.4) is 0 Å². The van der Waals surface area contributed by atoms with E-state index in [1.165, 1.54) is 18.2 Å². The van der Waals surface area contributed by atoms with Crippen LogP contribution in [0.15, 0.2) is 18.2 Å². The topological polar surface area (TPSA) is 89.9 Å². The summed E-state index contributed by atoms with van der Waals surface area (Å²) in [5.41, 5.74) is -0.107. The van der Waals surface area contributed by atoms with Gasteiger partial charge in [0.2, 0.25) is 0 Å². The zero-order valence-electron chi connectivity index (χ0n) is 12.2. The molecular formula is C15H20N2O4. The van der Waals surface area contributed by atoms with Crippen LogP contribution in [0.1, 0.15) is 37.0 Å². The van der Waals surface area contributed by atoms with Crippen molar-refractivity contribution in [2.75, 3.05) is 11.9 Å². The number of rotatable bonds is 5. The molecule has 6 heteroatoms. The molecule has 0 bridgehead atoms. The van der Waals surface area contributed by atoms with Gasteiger partial charge in [0.25, 0.3) is 0 Å². The minimum atomic E-state index is -1.23. The van der Waals surface area contributed by atoms with Gasteiger partial charge in [-0.05, 0) is 30.9 Å². The zero-order valence-corrected chi connectivity index (χ0v) is 12.2. The van der Waals surface area contributed by atoms with Gasteiger partial charge in [-0.1, -0.05) is 19.9 Å². The van der Waals surface area contributed by atoms with Crippen molar-refractivity contribution in [3.63, 3.8) is 0 Å². The second-order valence-electron chi connectivity index (χ2n) is 5.71. The first-order valence-corrected chi connectivity index (χ1v) is 7.03. The summed E-state index contributed by atoms with van der Waals surface area (Å²) in [5.74, 6) is -1.31. The third-order valence-corrected chi connectivity index (χ3v) is 3.32. The minimum Gasteiger partial charge on any atom is -0.505 e. The van der Waals surface area contributed by atoms with Crippen LogP contribution in [0.5, 0.6) is 5.75 Å². The Kier molecular flexibility index (Phi) is 4.35. The van der Waals surface area contributed by atoms with Crippen molar-refractivity contribution >= 4 is 17.7 Å². The number of para-hydroxylation sites is 1. The maximum Gasteiger partial charge on any atom is 0.339 e. The molecule has 6 nitrogen and oxygen atoms in total. The maximum absolute atomic E-state index is 12.3. The number of anilines is 1. The van der Waals surface area contributed by atoms with E-state index in [0.717, 1.165) is 12.8 Å². The molecule has 0 unspecified atom stereocenters. The highest BCUT2D eigenvalue weighted by atomic mass is 16.4. The molecule has 21 heavy (non-hydrogen) atoms. The Labute approximate surface area is 123 Å². The van der Waals surface area contributed by atoms with Crippen molar-refractivity contribution in [3.8, 4) is 5.75 Å². The third-order valence-electron chi connectivity index (χ3n) is 3.32. The van der Waals surface area contributed by atoms with Gasteiger partial charge in [0.15, 0.2) is 5.75 Å². The number of carboxylic acid groups (broad SMARTS) is 1. The lowest BCUT2D eigenvalue weighted by atomic mass is 10.1. The number of carbonyl (C=O) groups is 2. The summed E-state index contributed by atoms with van der Waals surface area (Å²) >= 11 is 0. The number of aromatic hydroxyl groups is 1. The van der Waals surface area contributed by atoms with Crippen molar-refractivity contribution in [1.29, 1.82) is 0 Å². The number of hydrogen-bond donors (Lipinski definition) is 3. The van der Waals surface area contributed by atoms with Crippen molar-refractivity contribution in [1.82, 2.24) is 4.90 Å². The van der Waals surface area contributed by atoms with Gasteiger partial charge < -0.3 is 20.4 Å². The molecule has 114 valence electrons. The van der Waals surface area contributed by atoms with E-state index >= 15 is 0 Å². The quantitative estimate of drug-likeness (QED) is 0.728. The molecule has 0 radical (unpaired) electrons. The lowest BCUT2D eigenvalue weighted by Gasteiger charge is -2.25. The molecule has 1 aromatic rings. The summed E-state index contributed by atoms with van der Waals surface area (Å²) in [5, 5.41) is 21.5. The summed E-state index contributed by atoms with van der Waals surface area (Å²) in [6, 6.07) is 4.21. The van der Waals surface area contributed by atoms with Crippen molar-refractivity contribution in [3.05, 3.63) is 23.8 Å². The fourth-order valence-corrected chi connectivity index (χ4v) is 2.18. The second kappa shape index (κ2) is 6.03. The lowest BCUT2D eigenvalue weighted by Crippen LogP contribution is -2.39. The van der Waals surface area contributed by atoms with E-state index in [1.807, 2.05) is 13.8 Å². The smallest absolute Gasteiger partial charge is 0.339 e. The second-order valence-corrected chi connectivity index (χ2v) is 5.71. The average Bonchev–Trinajstić information content (AvgIpc) is 3.22. The number of carbonyl (C=O) groups excluding carboxylic acids is 1. The number of phenols is 1. The Bertz CT molecular complexity index is 553. The molecule has 1 saturated carbocycles. The number of nitrogens with zero attached hydrogens (tertiary/aromatic N) is 1. The normalized spacial score (nSPS) is 14.0. The van der Waals surface area contributed by atoms with E-state index < -0.39 is 11.7 Å². The zero-order chi connectivity index (χ0) is 15.6. The summed E-state index contributed by atoms with van der Waals surface area (Å²) in [6.45, 7) is 4.70. The highest BCUT2D eigenvalue weighted by molar-refractivity contribution is 5.97. The molecule has 3 N–H and O–H groups in total. The number of urea groups is 1. The van der Waals surface area contributed by atoms with Gasteiger partial charge in [-0.3, -0.25) is 0 Å². The number of amides is 2. The maximum atomic E-state index is 12.3. The van der Waals surface area contributed by atoms with Crippen molar-refractivity contribution in [2.45, 2.75) is 32.7 Å². The third kappa shape index (κ3) is 3.65. The number of aromatic carboxylic acids is 1. The standard InChI is InChI=1S/C15H20N2O4/c1-9(2)8-17(10-6-7-10)15(21)16-12-5-3-4-11(13(12)18)14(19)20/h3-5,9-10,18H,6-8H2,1-2H3,(H,16,21)(H,19,20). The fourth-order valence-electron chi connectivity index (χ4n) is 2.18. The molecule has 2 amide bonds. The Morgan fingerprint density at radius 1 is 1.38 bits per heavy atom. The monoisotopic (exact) mass is 292 g/mol. The molecule has 0 saturated heterocycles. The van der Waals surface area contributed by atoms with E-state index in [2.05, 4.69) is 5.32 Å². The van der Waals surface area contributed by atoms with Gasteiger partial charge >= 0.3 is 12.0 Å². The van der Waals surface area contributed by atoms with Gasteiger partial charge in [-0.25, -0.2) is 9.59 Å². The van der Waals surface area contributed by atoms with Crippen LogP contribution >= 0.6 is 0 Å². The van der Waals surface area contributed by atoms with E-state index in [1.54, 1.807) is 4.90 Å². The highest BCUT2D eigenvalue weighted by Crippen LogP contribution is 2.31. The molecule has 0 aliphatic heterocycles. The predicted octanol–water partition coefficient (Wildman–Crippen LogP) is 2.74. The molecule has 1 aliphatic carbocycles. The Balaban J connectivity index is 2.15.